The van der Waals surface area contributed by atoms with E-state index in [0.717, 1.165) is 23.5 Å². The number of anilines is 2. The molecule has 7 aromatic carbocycles. The van der Waals surface area contributed by atoms with Gasteiger partial charge in [0, 0.05) is 55.4 Å². The lowest BCUT2D eigenvalue weighted by Crippen LogP contribution is -2.19. The monoisotopic (exact) mass is 651 g/mol. The van der Waals surface area contributed by atoms with Crippen molar-refractivity contribution in [2.45, 2.75) is 12.5 Å². The first-order valence-corrected chi connectivity index (χ1v) is 17.8. The van der Waals surface area contributed by atoms with E-state index >= 15 is 0 Å². The smallest absolute Gasteiger partial charge is 0.0634 e. The van der Waals surface area contributed by atoms with Gasteiger partial charge in [-0.05, 0) is 77.7 Å². The van der Waals surface area contributed by atoms with E-state index in [1.165, 1.54) is 71.6 Å². The Kier molecular flexibility index (Phi) is 6.08. The Balaban J connectivity index is 1.11. The Morgan fingerprint density at radius 1 is 0.490 bits per heavy atom. The van der Waals surface area contributed by atoms with Crippen LogP contribution in [0.2, 0.25) is 0 Å². The number of rotatable bonds is 5. The highest BCUT2D eigenvalue weighted by Crippen LogP contribution is 2.51. The number of hydrogen-bond acceptors (Lipinski definition) is 1. The molecule has 0 saturated carbocycles. The first-order valence-electron chi connectivity index (χ1n) is 17.8. The first kappa shape index (κ1) is 28.3. The highest BCUT2D eigenvalue weighted by Gasteiger charge is 2.34. The van der Waals surface area contributed by atoms with Crippen molar-refractivity contribution < 1.29 is 0 Å². The maximum Gasteiger partial charge on any atom is 0.0634 e. The molecule has 2 aromatic heterocycles. The van der Waals surface area contributed by atoms with E-state index < -0.39 is 0 Å². The fourth-order valence-corrected chi connectivity index (χ4v) is 8.77. The molecule has 11 rings (SSSR count). The molecule has 3 heterocycles. The molecular weight excluding hydrogens is 619 g/mol. The van der Waals surface area contributed by atoms with E-state index in [-0.39, 0.29) is 6.04 Å². The highest BCUT2D eigenvalue weighted by molar-refractivity contribution is 6.14. The maximum absolute atomic E-state index is 2.59. The molecule has 0 spiro atoms. The molecule has 3 heteroatoms. The SMILES string of the molecule is C1=C2c3cccc4c5ccccc5n(c34)C2CC=C1N(c1ccc(-c2ccccc2)cc1)c1ccc2c3ccccc3n(-c3ccccc3)c2c1. The zero-order chi connectivity index (χ0) is 33.5. The van der Waals surface area contributed by atoms with Gasteiger partial charge in [0.1, 0.15) is 0 Å². The molecule has 2 aliphatic rings. The van der Waals surface area contributed by atoms with Crippen molar-refractivity contribution in [1.82, 2.24) is 9.13 Å². The van der Waals surface area contributed by atoms with Crippen LogP contribution in [0.1, 0.15) is 18.0 Å². The van der Waals surface area contributed by atoms with Gasteiger partial charge in [-0.1, -0.05) is 127 Å². The molecule has 0 fully saturated rings. The van der Waals surface area contributed by atoms with Gasteiger partial charge < -0.3 is 14.0 Å². The van der Waals surface area contributed by atoms with Gasteiger partial charge in [0.15, 0.2) is 0 Å². The van der Waals surface area contributed by atoms with Gasteiger partial charge in [-0.2, -0.15) is 0 Å². The Hall–Kier alpha value is -6.58. The third kappa shape index (κ3) is 4.18. The fourth-order valence-electron chi connectivity index (χ4n) is 8.77. The zero-order valence-electron chi connectivity index (χ0n) is 27.9. The summed E-state index contributed by atoms with van der Waals surface area (Å²) in [6.07, 6.45) is 5.82. The van der Waals surface area contributed by atoms with Gasteiger partial charge >= 0.3 is 0 Å². The third-order valence-electron chi connectivity index (χ3n) is 11.0. The van der Waals surface area contributed by atoms with Crippen LogP contribution in [0, 0.1) is 0 Å². The van der Waals surface area contributed by atoms with Gasteiger partial charge in [-0.25, -0.2) is 0 Å². The summed E-state index contributed by atoms with van der Waals surface area (Å²) in [6.45, 7) is 0. The average molecular weight is 652 g/mol. The Morgan fingerprint density at radius 3 is 1.92 bits per heavy atom. The van der Waals surface area contributed by atoms with Crippen LogP contribution in [0.15, 0.2) is 188 Å². The van der Waals surface area contributed by atoms with Crippen molar-refractivity contribution in [3.05, 3.63) is 193 Å². The molecule has 0 amide bonds. The van der Waals surface area contributed by atoms with Crippen LogP contribution in [0.3, 0.4) is 0 Å². The molecule has 0 N–H and O–H groups in total. The predicted molar refractivity (Wildman–Crippen MR) is 214 cm³/mol. The summed E-state index contributed by atoms with van der Waals surface area (Å²) in [5, 5.41) is 5.19. The highest BCUT2D eigenvalue weighted by atomic mass is 15.2. The Bertz CT molecular complexity index is 2870. The van der Waals surface area contributed by atoms with Crippen LogP contribution in [-0.4, -0.2) is 9.13 Å². The van der Waals surface area contributed by atoms with E-state index in [2.05, 4.69) is 196 Å². The summed E-state index contributed by atoms with van der Waals surface area (Å²) in [5.74, 6) is 0. The molecule has 3 nitrogen and oxygen atoms in total. The van der Waals surface area contributed by atoms with Gasteiger partial charge in [0.2, 0.25) is 0 Å². The molecule has 240 valence electrons. The van der Waals surface area contributed by atoms with Crippen molar-refractivity contribution >= 4 is 60.6 Å². The summed E-state index contributed by atoms with van der Waals surface area (Å²) in [7, 11) is 0. The molecule has 1 aliphatic heterocycles. The Morgan fingerprint density at radius 2 is 1.12 bits per heavy atom. The van der Waals surface area contributed by atoms with Crippen LogP contribution in [0.4, 0.5) is 11.4 Å². The van der Waals surface area contributed by atoms with Crippen LogP contribution in [0.25, 0.3) is 66.0 Å². The standard InChI is InChI=1S/C48H33N3/c1-3-12-32(13-4-1)33-22-24-35(25-23-33)49(37-26-28-40-38-16-7-9-20-44(38)50(47(40)31-37)34-14-5-2-6-15-34)36-27-29-46-43(30-36)42-19-11-18-41-39-17-8-10-21-45(39)51(46)48(41)42/h1-28,30-31,46H,29H2. The summed E-state index contributed by atoms with van der Waals surface area (Å²) in [4.78, 5) is 2.45. The zero-order valence-corrected chi connectivity index (χ0v) is 27.9. The van der Waals surface area contributed by atoms with Crippen molar-refractivity contribution in [3.8, 4) is 16.8 Å². The lowest BCUT2D eigenvalue weighted by molar-refractivity contribution is 0.680. The molecule has 0 radical (unpaired) electrons. The molecule has 1 aliphatic carbocycles. The van der Waals surface area contributed by atoms with E-state index in [1.807, 2.05) is 0 Å². The number of fused-ring (bicyclic) bond motifs is 9. The number of aromatic nitrogens is 2. The second-order valence-electron chi connectivity index (χ2n) is 13.7. The molecular formula is C48H33N3. The second-order valence-corrected chi connectivity index (χ2v) is 13.7. The molecule has 0 saturated heterocycles. The van der Waals surface area contributed by atoms with Crippen LogP contribution < -0.4 is 4.90 Å². The van der Waals surface area contributed by atoms with Gasteiger partial charge in [0.25, 0.3) is 0 Å². The van der Waals surface area contributed by atoms with Crippen molar-refractivity contribution in [3.63, 3.8) is 0 Å². The van der Waals surface area contributed by atoms with Crippen molar-refractivity contribution in [1.29, 1.82) is 0 Å². The van der Waals surface area contributed by atoms with Crippen LogP contribution >= 0.6 is 0 Å². The Labute approximate surface area is 296 Å². The number of benzene rings is 7. The minimum Gasteiger partial charge on any atom is -0.332 e. The summed E-state index contributed by atoms with van der Waals surface area (Å²) >= 11 is 0. The predicted octanol–water partition coefficient (Wildman–Crippen LogP) is 12.6. The lowest BCUT2D eigenvalue weighted by Gasteiger charge is -2.31. The molecule has 51 heavy (non-hydrogen) atoms. The lowest BCUT2D eigenvalue weighted by atomic mass is 9.92. The van der Waals surface area contributed by atoms with E-state index in [1.54, 1.807) is 0 Å². The number of para-hydroxylation sites is 4. The third-order valence-corrected chi connectivity index (χ3v) is 11.0. The number of nitrogens with zero attached hydrogens (tertiary/aromatic N) is 3. The van der Waals surface area contributed by atoms with Crippen LogP contribution in [0.5, 0.6) is 0 Å². The average Bonchev–Trinajstić information content (AvgIpc) is 3.84. The number of allylic oxidation sites excluding steroid dienone is 3. The normalized spacial score (nSPS) is 15.0. The van der Waals surface area contributed by atoms with Gasteiger partial charge in [-0.15, -0.1) is 0 Å². The van der Waals surface area contributed by atoms with Crippen LogP contribution in [-0.2, 0) is 0 Å². The van der Waals surface area contributed by atoms with E-state index in [0.29, 0.717) is 0 Å². The van der Waals surface area contributed by atoms with E-state index in [4.69, 9.17) is 0 Å². The van der Waals surface area contributed by atoms with Gasteiger partial charge in [-0.3, -0.25) is 0 Å². The largest absolute Gasteiger partial charge is 0.332 e. The second kappa shape index (κ2) is 11.0. The fraction of sp³-hybridized carbons (Fsp3) is 0.0417. The topological polar surface area (TPSA) is 13.1 Å². The first-order chi connectivity index (χ1) is 25.3. The molecule has 0 bridgehead atoms. The van der Waals surface area contributed by atoms with Crippen molar-refractivity contribution in [2.24, 2.45) is 0 Å². The molecule has 1 unspecified atom stereocenters. The minimum atomic E-state index is 0.277. The molecule has 9 aromatic rings. The summed E-state index contributed by atoms with van der Waals surface area (Å²) in [6, 6.07) is 62.1. The molecule has 1 atom stereocenters. The number of hydrogen-bond donors (Lipinski definition) is 0. The maximum atomic E-state index is 2.59. The summed E-state index contributed by atoms with van der Waals surface area (Å²) in [5.41, 5.74) is 14.9. The minimum absolute atomic E-state index is 0.277. The van der Waals surface area contributed by atoms with E-state index in [9.17, 15) is 0 Å². The van der Waals surface area contributed by atoms with Crippen molar-refractivity contribution in [2.75, 3.05) is 4.90 Å². The quantitative estimate of drug-likeness (QED) is 0.180. The summed E-state index contributed by atoms with van der Waals surface area (Å²) < 4.78 is 4.99. The van der Waals surface area contributed by atoms with Gasteiger partial charge in [0.05, 0.1) is 22.6 Å².